The van der Waals surface area contributed by atoms with Gasteiger partial charge in [0.1, 0.15) is 0 Å². The van der Waals surface area contributed by atoms with Gasteiger partial charge in [-0.05, 0) is 25.5 Å². The highest BCUT2D eigenvalue weighted by molar-refractivity contribution is 6.23. The molecule has 1 aliphatic heterocycles. The van der Waals surface area contributed by atoms with Crippen LogP contribution in [-0.2, 0) is 0 Å². The molecule has 0 fully saturated rings. The van der Waals surface area contributed by atoms with Crippen LogP contribution in [0.3, 0.4) is 0 Å². The fraction of sp³-hybridized carbons (Fsp3) is 0.167. The molecule has 0 N–H and O–H groups in total. The minimum Gasteiger partial charge on any atom is -0.292 e. The molecule has 7 nitrogen and oxygen atoms in total. The van der Waals surface area contributed by atoms with Gasteiger partial charge in [-0.15, -0.1) is 0 Å². The summed E-state index contributed by atoms with van der Waals surface area (Å²) in [4.78, 5) is 48.3. The Morgan fingerprint density at radius 3 is 2.36 bits per heavy atom. The fourth-order valence-corrected chi connectivity index (χ4v) is 2.89. The summed E-state index contributed by atoms with van der Waals surface area (Å²) in [5.41, 5.74) is 1.95. The van der Waals surface area contributed by atoms with Gasteiger partial charge in [-0.25, -0.2) is 0 Å². The Hall–Kier alpha value is -3.35. The number of benzene rings is 2. The summed E-state index contributed by atoms with van der Waals surface area (Å²) in [5, 5.41) is 10.8. The molecule has 25 heavy (non-hydrogen) atoms. The highest BCUT2D eigenvalue weighted by Gasteiger charge is 2.38. The van der Waals surface area contributed by atoms with E-state index in [9.17, 15) is 24.5 Å². The van der Waals surface area contributed by atoms with Gasteiger partial charge in [0.25, 0.3) is 17.5 Å². The molecule has 0 aromatic heterocycles. The summed E-state index contributed by atoms with van der Waals surface area (Å²) in [5.74, 6) is -1.67. The molecule has 0 atom stereocenters. The molecule has 0 bridgehead atoms. The normalized spacial score (nSPS) is 13.1. The maximum absolute atomic E-state index is 12.5. The first-order valence-corrected chi connectivity index (χ1v) is 7.54. The quantitative estimate of drug-likeness (QED) is 0.369. The Kier molecular flexibility index (Phi) is 3.92. The summed E-state index contributed by atoms with van der Waals surface area (Å²) in [6.45, 7) is 3.29. The number of carbonyl (C=O) groups excluding carboxylic acids is 3. The van der Waals surface area contributed by atoms with E-state index >= 15 is 0 Å². The molecule has 2 amide bonds. The zero-order valence-corrected chi connectivity index (χ0v) is 13.6. The lowest BCUT2D eigenvalue weighted by molar-refractivity contribution is -0.384. The third kappa shape index (κ3) is 2.80. The van der Waals surface area contributed by atoms with Gasteiger partial charge in [0.2, 0.25) is 0 Å². The van der Waals surface area contributed by atoms with Crippen molar-refractivity contribution in [2.24, 2.45) is 0 Å². The van der Waals surface area contributed by atoms with E-state index in [0.717, 1.165) is 22.1 Å². The van der Waals surface area contributed by atoms with E-state index in [1.807, 2.05) is 13.0 Å². The van der Waals surface area contributed by atoms with Crippen LogP contribution < -0.4 is 0 Å². The molecule has 0 radical (unpaired) electrons. The largest absolute Gasteiger partial charge is 0.292 e. The molecule has 3 rings (SSSR count). The van der Waals surface area contributed by atoms with Crippen LogP contribution in [0.15, 0.2) is 36.4 Å². The molecule has 0 saturated carbocycles. The van der Waals surface area contributed by atoms with E-state index in [4.69, 9.17) is 0 Å². The summed E-state index contributed by atoms with van der Waals surface area (Å²) < 4.78 is 0. The van der Waals surface area contributed by atoms with Crippen molar-refractivity contribution in [2.75, 3.05) is 6.54 Å². The van der Waals surface area contributed by atoms with Crippen LogP contribution >= 0.6 is 0 Å². The standard InChI is InChI=1S/C18H14N2O5/c1-10-3-5-13(11(2)7-10)16(21)9-19-17(22)14-6-4-12(20(24)25)8-15(14)18(19)23/h3-8H,9H2,1-2H3. The number of imide groups is 1. The molecule has 2 aromatic rings. The molecule has 0 unspecified atom stereocenters. The first kappa shape index (κ1) is 16.5. The number of nitro benzene ring substituents is 1. The number of Topliss-reactive ketones (excluding diaryl/α,β-unsaturated/α-hetero) is 1. The molecule has 2 aromatic carbocycles. The number of amides is 2. The number of ketones is 1. The van der Waals surface area contributed by atoms with Gasteiger partial charge in [0, 0.05) is 17.7 Å². The zero-order valence-electron chi connectivity index (χ0n) is 13.6. The maximum atomic E-state index is 12.5. The number of rotatable bonds is 4. The van der Waals surface area contributed by atoms with E-state index in [0.29, 0.717) is 5.56 Å². The SMILES string of the molecule is Cc1ccc(C(=O)CN2C(=O)c3ccc([N+](=O)[O-])cc3C2=O)c(C)c1. The number of hydrogen-bond acceptors (Lipinski definition) is 5. The van der Waals surface area contributed by atoms with Gasteiger partial charge in [-0.2, -0.15) is 0 Å². The lowest BCUT2D eigenvalue weighted by Gasteiger charge is -2.14. The van der Waals surface area contributed by atoms with Crippen molar-refractivity contribution >= 4 is 23.3 Å². The van der Waals surface area contributed by atoms with Crippen LogP contribution in [0.1, 0.15) is 42.2 Å². The Morgan fingerprint density at radius 2 is 1.72 bits per heavy atom. The Bertz CT molecular complexity index is 948. The number of carbonyl (C=O) groups is 3. The minimum atomic E-state index is -0.693. The topological polar surface area (TPSA) is 97.6 Å². The number of aryl methyl sites for hydroxylation is 2. The summed E-state index contributed by atoms with van der Waals surface area (Å²) in [7, 11) is 0. The van der Waals surface area contributed by atoms with Gasteiger partial charge in [0.05, 0.1) is 22.6 Å². The van der Waals surface area contributed by atoms with Crippen molar-refractivity contribution in [3.05, 3.63) is 74.3 Å². The average Bonchev–Trinajstić information content (AvgIpc) is 2.79. The van der Waals surface area contributed by atoms with Crippen LogP contribution in [0, 0.1) is 24.0 Å². The fourth-order valence-electron chi connectivity index (χ4n) is 2.89. The number of hydrogen-bond donors (Lipinski definition) is 0. The van der Waals surface area contributed by atoms with Gasteiger partial charge in [-0.3, -0.25) is 29.4 Å². The first-order valence-electron chi connectivity index (χ1n) is 7.54. The highest BCUT2D eigenvalue weighted by atomic mass is 16.6. The predicted molar refractivity (Wildman–Crippen MR) is 88.7 cm³/mol. The lowest BCUT2D eigenvalue weighted by Crippen LogP contribution is -2.35. The summed E-state index contributed by atoms with van der Waals surface area (Å²) >= 11 is 0. The summed E-state index contributed by atoms with van der Waals surface area (Å²) in [6, 6.07) is 8.77. The smallest absolute Gasteiger partial charge is 0.270 e. The van der Waals surface area contributed by atoms with Crippen LogP contribution in [0.5, 0.6) is 0 Å². The van der Waals surface area contributed by atoms with Gasteiger partial charge >= 0.3 is 0 Å². The van der Waals surface area contributed by atoms with E-state index in [2.05, 4.69) is 0 Å². The van der Waals surface area contributed by atoms with Crippen molar-refractivity contribution < 1.29 is 19.3 Å². The third-order valence-corrected chi connectivity index (χ3v) is 4.15. The number of fused-ring (bicyclic) bond motifs is 1. The molecule has 0 aliphatic carbocycles. The molecule has 126 valence electrons. The van der Waals surface area contributed by atoms with E-state index in [1.165, 1.54) is 12.1 Å². The van der Waals surface area contributed by atoms with E-state index < -0.39 is 23.3 Å². The second kappa shape index (κ2) is 5.94. The van der Waals surface area contributed by atoms with Crippen molar-refractivity contribution in [3.8, 4) is 0 Å². The first-order chi connectivity index (χ1) is 11.8. The Morgan fingerprint density at radius 1 is 1.04 bits per heavy atom. The zero-order chi connectivity index (χ0) is 18.3. The minimum absolute atomic E-state index is 0.0485. The van der Waals surface area contributed by atoms with Crippen molar-refractivity contribution in [1.29, 1.82) is 0 Å². The molecule has 1 aliphatic rings. The number of nitrogens with zero attached hydrogens (tertiary/aromatic N) is 2. The maximum Gasteiger partial charge on any atom is 0.270 e. The van der Waals surface area contributed by atoms with Crippen LogP contribution in [-0.4, -0.2) is 34.0 Å². The highest BCUT2D eigenvalue weighted by Crippen LogP contribution is 2.27. The van der Waals surface area contributed by atoms with Gasteiger partial charge in [-0.1, -0.05) is 23.8 Å². The van der Waals surface area contributed by atoms with Crippen molar-refractivity contribution in [3.63, 3.8) is 0 Å². The second-order valence-electron chi connectivity index (χ2n) is 5.92. The third-order valence-electron chi connectivity index (χ3n) is 4.15. The monoisotopic (exact) mass is 338 g/mol. The Balaban J connectivity index is 1.89. The number of non-ortho nitro benzene ring substituents is 1. The molecular weight excluding hydrogens is 324 g/mol. The second-order valence-corrected chi connectivity index (χ2v) is 5.92. The number of nitro groups is 1. The van der Waals surface area contributed by atoms with Crippen molar-refractivity contribution in [1.82, 2.24) is 4.90 Å². The Labute approximate surface area is 143 Å². The van der Waals surface area contributed by atoms with E-state index in [1.54, 1.807) is 19.1 Å². The molecule has 1 heterocycles. The van der Waals surface area contributed by atoms with E-state index in [-0.39, 0.29) is 22.6 Å². The summed E-state index contributed by atoms with van der Waals surface area (Å²) in [6.07, 6.45) is 0. The molecule has 7 heteroatoms. The lowest BCUT2D eigenvalue weighted by atomic mass is 10.0. The molecular formula is C18H14N2O5. The van der Waals surface area contributed by atoms with Crippen LogP contribution in [0.2, 0.25) is 0 Å². The molecule has 0 spiro atoms. The van der Waals surface area contributed by atoms with Gasteiger partial charge in [0.15, 0.2) is 5.78 Å². The van der Waals surface area contributed by atoms with Crippen molar-refractivity contribution in [2.45, 2.75) is 13.8 Å². The average molecular weight is 338 g/mol. The van der Waals surface area contributed by atoms with Crippen LogP contribution in [0.25, 0.3) is 0 Å². The van der Waals surface area contributed by atoms with Gasteiger partial charge < -0.3 is 0 Å². The van der Waals surface area contributed by atoms with Crippen LogP contribution in [0.4, 0.5) is 5.69 Å². The predicted octanol–water partition coefficient (Wildman–Crippen LogP) is 2.69. The molecule has 0 saturated heterocycles.